The van der Waals surface area contributed by atoms with Crippen molar-refractivity contribution in [2.24, 2.45) is 0 Å². The minimum Gasteiger partial charge on any atom is -0.545 e. The van der Waals surface area contributed by atoms with Crippen LogP contribution in [0.1, 0.15) is 399 Å². The number of hydrogen-bond acceptors (Lipinski definition) is 8. The second kappa shape index (κ2) is 68.0. The maximum absolute atomic E-state index is 12.9. The quantitative estimate of drug-likeness (QED) is 0.0195. The molecule has 0 radical (unpaired) electrons. The Hall–Kier alpha value is -1.97. The van der Waals surface area contributed by atoms with Crippen LogP contribution in [0.3, 0.4) is 0 Å². The van der Waals surface area contributed by atoms with E-state index in [2.05, 4.69) is 26.0 Å². The van der Waals surface area contributed by atoms with Gasteiger partial charge in [-0.05, 0) is 38.5 Å². The van der Waals surface area contributed by atoms with Gasteiger partial charge in [0.1, 0.15) is 13.2 Å². The molecule has 2 unspecified atom stereocenters. The Morgan fingerprint density at radius 2 is 0.600 bits per heavy atom. The molecule has 85 heavy (non-hydrogen) atoms. The van der Waals surface area contributed by atoms with Gasteiger partial charge in [-0.25, -0.2) is 0 Å². The van der Waals surface area contributed by atoms with Crippen molar-refractivity contribution >= 4 is 17.9 Å². The van der Waals surface area contributed by atoms with E-state index in [1.54, 1.807) is 0 Å². The topological polar surface area (TPSA) is 111 Å². The van der Waals surface area contributed by atoms with Crippen LogP contribution in [0, 0.1) is 0 Å². The first-order valence-corrected chi connectivity index (χ1v) is 37.8. The van der Waals surface area contributed by atoms with Crippen molar-refractivity contribution in [2.45, 2.75) is 411 Å². The molecule has 0 saturated carbocycles. The summed E-state index contributed by atoms with van der Waals surface area (Å²) in [5.41, 5.74) is 0. The van der Waals surface area contributed by atoms with Gasteiger partial charge in [-0.1, -0.05) is 360 Å². The number of carbonyl (C=O) groups excluding carboxylic acids is 3. The third kappa shape index (κ3) is 69.4. The highest BCUT2D eigenvalue weighted by Gasteiger charge is 2.22. The van der Waals surface area contributed by atoms with Crippen LogP contribution >= 0.6 is 0 Å². The van der Waals surface area contributed by atoms with Crippen LogP contribution in [0.2, 0.25) is 0 Å². The number of nitrogens with zero attached hydrogens (tertiary/aromatic N) is 1. The molecule has 0 aliphatic rings. The van der Waals surface area contributed by atoms with Gasteiger partial charge in [0.2, 0.25) is 0 Å². The van der Waals surface area contributed by atoms with Crippen LogP contribution in [-0.2, 0) is 33.3 Å². The molecule has 0 fully saturated rings. The van der Waals surface area contributed by atoms with Gasteiger partial charge in [-0.15, -0.1) is 0 Å². The predicted molar refractivity (Wildman–Crippen MR) is 362 cm³/mol. The number of ether oxygens (including phenoxy) is 4. The highest BCUT2D eigenvalue weighted by Crippen LogP contribution is 2.20. The molecule has 0 aliphatic heterocycles. The van der Waals surface area contributed by atoms with E-state index >= 15 is 0 Å². The third-order valence-electron chi connectivity index (χ3n) is 17.5. The zero-order chi connectivity index (χ0) is 61.9. The zero-order valence-electron chi connectivity index (χ0n) is 57.8. The van der Waals surface area contributed by atoms with Crippen molar-refractivity contribution in [2.75, 3.05) is 47.5 Å². The van der Waals surface area contributed by atoms with Gasteiger partial charge in [-0.2, -0.15) is 0 Å². The zero-order valence-corrected chi connectivity index (χ0v) is 57.8. The molecule has 0 rings (SSSR count). The Labute approximate surface area is 529 Å². The number of rotatable bonds is 72. The molecule has 0 aromatic heterocycles. The summed E-state index contributed by atoms with van der Waals surface area (Å²) in [5, 5.41) is 11.8. The van der Waals surface area contributed by atoms with Crippen molar-refractivity contribution in [3.05, 3.63) is 12.2 Å². The fourth-order valence-corrected chi connectivity index (χ4v) is 11.7. The molecule has 0 amide bonds. The number of quaternary nitrogens is 1. The molecule has 0 heterocycles. The largest absolute Gasteiger partial charge is 0.545 e. The van der Waals surface area contributed by atoms with Crippen LogP contribution in [0.5, 0.6) is 0 Å². The summed E-state index contributed by atoms with van der Waals surface area (Å²) < 4.78 is 22.9. The van der Waals surface area contributed by atoms with Crippen molar-refractivity contribution in [3.8, 4) is 0 Å². The first-order chi connectivity index (χ1) is 41.6. The van der Waals surface area contributed by atoms with Crippen molar-refractivity contribution < 1.29 is 42.9 Å². The minimum absolute atomic E-state index is 0.153. The Morgan fingerprint density at radius 1 is 0.341 bits per heavy atom. The summed E-state index contributed by atoms with van der Waals surface area (Å²) in [6.45, 7) is 4.84. The minimum atomic E-state index is -1.62. The monoisotopic (exact) mass is 1200 g/mol. The van der Waals surface area contributed by atoms with Gasteiger partial charge in [0.25, 0.3) is 0 Å². The number of hydrogen-bond donors (Lipinski definition) is 0. The number of likely N-dealkylation sites (N-methyl/N-ethyl adjacent to an activating group) is 1. The van der Waals surface area contributed by atoms with Crippen molar-refractivity contribution in [3.63, 3.8) is 0 Å². The molecular formula is C76H147NO8. The van der Waals surface area contributed by atoms with Gasteiger partial charge in [0, 0.05) is 12.8 Å². The lowest BCUT2D eigenvalue weighted by Crippen LogP contribution is -2.44. The Kier molecular flexibility index (Phi) is 66.4. The van der Waals surface area contributed by atoms with E-state index in [-0.39, 0.29) is 32.2 Å². The molecule has 0 aromatic carbocycles. The standard InChI is InChI=1S/C76H147NO8/c1-6-8-10-12-14-16-18-20-22-24-26-28-30-32-33-34-35-36-37-38-39-40-41-43-45-47-49-51-53-55-57-59-61-63-65-67-74(79)85-72(71-84-76(75(80)81)82-69-68-77(3,4)5)70-83-73(78)66-64-62-60-58-56-54-52-50-48-46-44-42-31-29-27-25-23-21-19-17-15-13-11-9-7-2/h24,26,72,76H,6-23,25,27-71H2,1-5H3/b26-24-. The normalized spacial score (nSPS) is 12.6. The summed E-state index contributed by atoms with van der Waals surface area (Å²) in [4.78, 5) is 37.5. The summed E-state index contributed by atoms with van der Waals surface area (Å²) in [5.74, 6) is -2.24. The van der Waals surface area contributed by atoms with Gasteiger partial charge in [0.15, 0.2) is 12.4 Å². The summed E-state index contributed by atoms with van der Waals surface area (Å²) in [7, 11) is 5.95. The SMILES string of the molecule is CCCCCCCCCC/C=C\CCCCCCCCCCCCCCCCCCCCCCCCCC(=O)OC(COC(=O)CCCCCCCCCCCCCCCCCCCCCCCCCCC)COC(OCC[N+](C)(C)C)C(=O)[O-]. The third-order valence-corrected chi connectivity index (χ3v) is 17.5. The lowest BCUT2D eigenvalue weighted by Gasteiger charge is -2.26. The lowest BCUT2D eigenvalue weighted by atomic mass is 10.0. The van der Waals surface area contributed by atoms with E-state index in [1.807, 2.05) is 21.1 Å². The van der Waals surface area contributed by atoms with Crippen LogP contribution in [-0.4, -0.2) is 82.3 Å². The highest BCUT2D eigenvalue weighted by molar-refractivity contribution is 5.70. The maximum Gasteiger partial charge on any atom is 0.306 e. The van der Waals surface area contributed by atoms with E-state index < -0.39 is 24.3 Å². The van der Waals surface area contributed by atoms with Gasteiger partial charge in [-0.3, -0.25) is 9.59 Å². The van der Waals surface area contributed by atoms with E-state index in [0.29, 0.717) is 17.4 Å². The van der Waals surface area contributed by atoms with Crippen LogP contribution in [0.15, 0.2) is 12.2 Å². The molecule has 0 spiro atoms. The number of carboxylic acids is 1. The van der Waals surface area contributed by atoms with Crippen LogP contribution < -0.4 is 5.11 Å². The second-order valence-electron chi connectivity index (χ2n) is 27.3. The van der Waals surface area contributed by atoms with E-state index in [1.165, 1.54) is 334 Å². The molecule has 9 nitrogen and oxygen atoms in total. The molecule has 0 N–H and O–H groups in total. The maximum atomic E-state index is 12.9. The Morgan fingerprint density at radius 3 is 0.871 bits per heavy atom. The number of esters is 2. The number of carboxylic acid groups (broad SMARTS) is 1. The fraction of sp³-hybridized carbons (Fsp3) is 0.934. The number of aliphatic carboxylic acids is 1. The Bertz CT molecular complexity index is 1400. The number of unbranched alkanes of at least 4 members (excludes halogenated alkanes) is 55. The fourth-order valence-electron chi connectivity index (χ4n) is 11.7. The summed E-state index contributed by atoms with van der Waals surface area (Å²) >= 11 is 0. The van der Waals surface area contributed by atoms with Crippen LogP contribution in [0.4, 0.5) is 0 Å². The molecule has 0 bridgehead atoms. The van der Waals surface area contributed by atoms with Gasteiger partial charge >= 0.3 is 11.9 Å². The van der Waals surface area contributed by atoms with E-state index in [9.17, 15) is 19.5 Å². The molecule has 2 atom stereocenters. The molecule has 0 aliphatic carbocycles. The highest BCUT2D eigenvalue weighted by atomic mass is 16.7. The number of carbonyl (C=O) groups is 3. The average molecular weight is 1200 g/mol. The number of allylic oxidation sites excluding steroid dienone is 2. The molecule has 504 valence electrons. The van der Waals surface area contributed by atoms with Crippen LogP contribution in [0.25, 0.3) is 0 Å². The smallest absolute Gasteiger partial charge is 0.306 e. The van der Waals surface area contributed by atoms with Crippen molar-refractivity contribution in [1.29, 1.82) is 0 Å². The molecule has 0 aromatic rings. The lowest BCUT2D eigenvalue weighted by molar-refractivity contribution is -0.870. The summed E-state index contributed by atoms with van der Waals surface area (Å²) in [6.07, 6.45) is 80.4. The Balaban J connectivity index is 3.98. The molecule has 0 saturated heterocycles. The van der Waals surface area contributed by atoms with Gasteiger partial charge < -0.3 is 33.3 Å². The molecule has 9 heteroatoms. The van der Waals surface area contributed by atoms with E-state index in [4.69, 9.17) is 18.9 Å². The summed E-state index contributed by atoms with van der Waals surface area (Å²) in [6, 6.07) is 0. The second-order valence-corrected chi connectivity index (χ2v) is 27.3. The average Bonchev–Trinajstić information content (AvgIpc) is 3.48. The van der Waals surface area contributed by atoms with E-state index in [0.717, 1.165) is 38.5 Å². The first-order valence-electron chi connectivity index (χ1n) is 37.8. The molecular weight excluding hydrogens is 1050 g/mol. The first kappa shape index (κ1) is 83.0. The van der Waals surface area contributed by atoms with Gasteiger partial charge in [0.05, 0.1) is 40.3 Å². The van der Waals surface area contributed by atoms with Crippen molar-refractivity contribution in [1.82, 2.24) is 0 Å². The predicted octanol–water partition coefficient (Wildman–Crippen LogP) is 22.3.